The standard InChI is InChI=1S/C16H28Cl2N2O4/c1-16(24,8-21)15(23)20-4-2-9(3-5-20)14(19)10-6-11(17)12(18)7-13(10)22/h9-14,21-22,24H,2-8,19H2,1H3/t10?,11?,12?,13?,14-,16+/m1/s1. The van der Waals surface area contributed by atoms with Crippen molar-refractivity contribution < 1.29 is 20.1 Å². The highest BCUT2D eigenvalue weighted by Crippen LogP contribution is 2.37. The lowest BCUT2D eigenvalue weighted by Gasteiger charge is -2.43. The van der Waals surface area contributed by atoms with Crippen molar-refractivity contribution in [2.45, 2.75) is 61.1 Å². The number of piperidine rings is 1. The van der Waals surface area contributed by atoms with Crippen molar-refractivity contribution in [3.05, 3.63) is 0 Å². The minimum absolute atomic E-state index is 0.0877. The Labute approximate surface area is 152 Å². The zero-order valence-corrected chi connectivity index (χ0v) is 15.5. The highest BCUT2D eigenvalue weighted by Gasteiger charge is 2.42. The molecule has 1 amide bonds. The van der Waals surface area contributed by atoms with E-state index in [1.54, 1.807) is 4.90 Å². The van der Waals surface area contributed by atoms with Gasteiger partial charge in [0.25, 0.3) is 5.91 Å². The van der Waals surface area contributed by atoms with Gasteiger partial charge in [0.15, 0.2) is 5.60 Å². The van der Waals surface area contributed by atoms with Gasteiger partial charge in [0.2, 0.25) is 0 Å². The third-order valence-electron chi connectivity index (χ3n) is 5.48. The van der Waals surface area contributed by atoms with E-state index >= 15 is 0 Å². The zero-order valence-electron chi connectivity index (χ0n) is 13.9. The lowest BCUT2D eigenvalue weighted by Crippen LogP contribution is -2.55. The molecule has 0 bridgehead atoms. The van der Waals surface area contributed by atoms with E-state index in [4.69, 9.17) is 34.0 Å². The maximum absolute atomic E-state index is 12.2. The van der Waals surface area contributed by atoms with Crippen LogP contribution in [0.2, 0.25) is 0 Å². The van der Waals surface area contributed by atoms with Crippen LogP contribution in [0.15, 0.2) is 0 Å². The number of likely N-dealkylation sites (tertiary alicyclic amines) is 1. The second-order valence-electron chi connectivity index (χ2n) is 7.37. The summed E-state index contributed by atoms with van der Waals surface area (Å²) in [5.41, 5.74) is 4.66. The van der Waals surface area contributed by atoms with Crippen LogP contribution in [0, 0.1) is 11.8 Å². The van der Waals surface area contributed by atoms with Crippen molar-refractivity contribution in [2.24, 2.45) is 17.6 Å². The van der Waals surface area contributed by atoms with Crippen molar-refractivity contribution >= 4 is 29.1 Å². The Hall–Kier alpha value is -0.110. The van der Waals surface area contributed by atoms with Crippen LogP contribution in [0.25, 0.3) is 0 Å². The van der Waals surface area contributed by atoms with E-state index in [1.165, 1.54) is 6.92 Å². The molecule has 4 unspecified atom stereocenters. The van der Waals surface area contributed by atoms with Crippen molar-refractivity contribution in [3.63, 3.8) is 0 Å². The van der Waals surface area contributed by atoms with E-state index in [0.29, 0.717) is 38.8 Å². The molecule has 6 atom stereocenters. The number of nitrogens with two attached hydrogens (primary N) is 1. The molecule has 5 N–H and O–H groups in total. The minimum atomic E-state index is -1.74. The minimum Gasteiger partial charge on any atom is -0.393 e. The van der Waals surface area contributed by atoms with Gasteiger partial charge in [0, 0.05) is 25.0 Å². The molecule has 0 radical (unpaired) electrons. The van der Waals surface area contributed by atoms with Crippen LogP contribution >= 0.6 is 23.2 Å². The number of aliphatic hydroxyl groups excluding tert-OH is 2. The van der Waals surface area contributed by atoms with E-state index in [0.717, 1.165) is 0 Å². The predicted molar refractivity (Wildman–Crippen MR) is 93.0 cm³/mol. The molecule has 0 aromatic rings. The molecule has 0 aromatic heterocycles. The van der Waals surface area contributed by atoms with Gasteiger partial charge in [-0.05, 0) is 38.5 Å². The van der Waals surface area contributed by atoms with Crippen LogP contribution in [0.5, 0.6) is 0 Å². The highest BCUT2D eigenvalue weighted by atomic mass is 35.5. The predicted octanol–water partition coefficient (Wildman–Crippen LogP) is 0.281. The number of amides is 1. The van der Waals surface area contributed by atoms with Gasteiger partial charge in [-0.2, -0.15) is 0 Å². The maximum Gasteiger partial charge on any atom is 0.256 e. The fourth-order valence-corrected chi connectivity index (χ4v) is 4.37. The molecule has 24 heavy (non-hydrogen) atoms. The molecular formula is C16H28Cl2N2O4. The number of carbonyl (C=O) groups is 1. The van der Waals surface area contributed by atoms with Crippen molar-refractivity contribution in [2.75, 3.05) is 19.7 Å². The van der Waals surface area contributed by atoms with Crippen molar-refractivity contribution in [1.82, 2.24) is 4.90 Å². The zero-order chi connectivity index (χ0) is 18.1. The first-order valence-electron chi connectivity index (χ1n) is 8.51. The van der Waals surface area contributed by atoms with Gasteiger partial charge in [-0.25, -0.2) is 0 Å². The van der Waals surface area contributed by atoms with Gasteiger partial charge < -0.3 is 26.0 Å². The molecule has 0 spiro atoms. The Bertz CT molecular complexity index is 444. The monoisotopic (exact) mass is 382 g/mol. The van der Waals surface area contributed by atoms with Crippen LogP contribution in [-0.4, -0.2) is 74.3 Å². The summed E-state index contributed by atoms with van der Waals surface area (Å²) in [5.74, 6) is -0.362. The van der Waals surface area contributed by atoms with E-state index < -0.39 is 24.2 Å². The summed E-state index contributed by atoms with van der Waals surface area (Å²) in [7, 11) is 0. The smallest absolute Gasteiger partial charge is 0.256 e. The molecule has 6 nitrogen and oxygen atoms in total. The molecule has 1 aliphatic carbocycles. The quantitative estimate of drug-likeness (QED) is 0.522. The lowest BCUT2D eigenvalue weighted by atomic mass is 9.74. The van der Waals surface area contributed by atoms with Crippen molar-refractivity contribution in [3.8, 4) is 0 Å². The SMILES string of the molecule is C[C@](O)(CO)C(=O)N1CCC([C@@H](N)C2CC(Cl)C(Cl)CC2O)CC1. The molecule has 8 heteroatoms. The number of hydrogen-bond acceptors (Lipinski definition) is 5. The molecule has 1 heterocycles. The molecule has 1 saturated carbocycles. The number of aliphatic hydroxyl groups is 3. The third kappa shape index (κ3) is 4.34. The molecular weight excluding hydrogens is 355 g/mol. The molecule has 2 aliphatic rings. The topological polar surface area (TPSA) is 107 Å². The number of rotatable bonds is 4. The first-order valence-corrected chi connectivity index (χ1v) is 9.39. The first-order chi connectivity index (χ1) is 11.2. The third-order valence-corrected chi connectivity index (χ3v) is 6.58. The second kappa shape index (κ2) is 8.06. The number of nitrogens with zero attached hydrogens (tertiary/aromatic N) is 1. The first kappa shape index (κ1) is 20.2. The number of hydrogen-bond donors (Lipinski definition) is 4. The molecule has 1 aliphatic heterocycles. The van der Waals surface area contributed by atoms with Crippen LogP contribution < -0.4 is 5.73 Å². The molecule has 2 fully saturated rings. The molecule has 140 valence electrons. The van der Waals surface area contributed by atoms with Gasteiger partial charge in [0.05, 0.1) is 23.5 Å². The number of carbonyl (C=O) groups excluding carboxylic acids is 1. The number of halogens is 2. The van der Waals surface area contributed by atoms with Gasteiger partial charge >= 0.3 is 0 Å². The van der Waals surface area contributed by atoms with Gasteiger partial charge in [-0.1, -0.05) is 0 Å². The average molecular weight is 383 g/mol. The summed E-state index contributed by atoms with van der Waals surface area (Å²) in [6.07, 6.45) is 1.90. The van der Waals surface area contributed by atoms with E-state index in [2.05, 4.69) is 0 Å². The second-order valence-corrected chi connectivity index (χ2v) is 8.49. The highest BCUT2D eigenvalue weighted by molar-refractivity contribution is 6.30. The Morgan fingerprint density at radius 3 is 2.38 bits per heavy atom. The van der Waals surface area contributed by atoms with Crippen LogP contribution in [0.4, 0.5) is 0 Å². The van der Waals surface area contributed by atoms with Crippen molar-refractivity contribution in [1.29, 1.82) is 0 Å². The van der Waals surface area contributed by atoms with Gasteiger partial charge in [-0.3, -0.25) is 4.79 Å². The largest absolute Gasteiger partial charge is 0.393 e. The average Bonchev–Trinajstić information content (AvgIpc) is 2.57. The van der Waals surface area contributed by atoms with Crippen LogP contribution in [0.3, 0.4) is 0 Å². The van der Waals surface area contributed by atoms with Crippen LogP contribution in [0.1, 0.15) is 32.6 Å². The van der Waals surface area contributed by atoms with E-state index in [-0.39, 0.29) is 28.6 Å². The van der Waals surface area contributed by atoms with Gasteiger partial charge in [-0.15, -0.1) is 23.2 Å². The summed E-state index contributed by atoms with van der Waals surface area (Å²) in [4.78, 5) is 13.7. The molecule has 2 rings (SSSR count). The molecule has 1 saturated heterocycles. The van der Waals surface area contributed by atoms with E-state index in [1.807, 2.05) is 0 Å². The normalized spacial score (nSPS) is 36.2. The Kier molecular flexibility index (Phi) is 6.79. The Morgan fingerprint density at radius 2 is 1.83 bits per heavy atom. The summed E-state index contributed by atoms with van der Waals surface area (Å²) in [6, 6.07) is -0.193. The maximum atomic E-state index is 12.2. The lowest BCUT2D eigenvalue weighted by molar-refractivity contribution is -0.155. The van der Waals surface area contributed by atoms with E-state index in [9.17, 15) is 15.0 Å². The summed E-state index contributed by atoms with van der Waals surface area (Å²) < 4.78 is 0. The Morgan fingerprint density at radius 1 is 1.29 bits per heavy atom. The fraction of sp³-hybridized carbons (Fsp3) is 0.938. The number of alkyl halides is 2. The molecule has 0 aromatic carbocycles. The summed E-state index contributed by atoms with van der Waals surface area (Å²) in [5, 5.41) is 28.9. The summed E-state index contributed by atoms with van der Waals surface area (Å²) in [6.45, 7) is 1.68. The Balaban J connectivity index is 1.91. The van der Waals surface area contributed by atoms with Crippen LogP contribution in [-0.2, 0) is 4.79 Å². The fourth-order valence-electron chi connectivity index (χ4n) is 3.78. The van der Waals surface area contributed by atoms with Gasteiger partial charge in [0.1, 0.15) is 0 Å². The summed E-state index contributed by atoms with van der Waals surface area (Å²) >= 11 is 12.3.